The fourth-order valence-electron chi connectivity index (χ4n) is 4.60. The number of rotatable bonds is 2. The van der Waals surface area contributed by atoms with Crippen molar-refractivity contribution in [2.24, 2.45) is 0 Å². The lowest BCUT2D eigenvalue weighted by molar-refractivity contribution is 0.0905. The van der Waals surface area contributed by atoms with Gasteiger partial charge in [0.2, 0.25) is 0 Å². The Balaban J connectivity index is 1.79. The van der Waals surface area contributed by atoms with Crippen LogP contribution in [-0.4, -0.2) is 31.6 Å². The van der Waals surface area contributed by atoms with Crippen LogP contribution in [0.5, 0.6) is 17.2 Å². The normalized spacial score (nSPS) is 18.4. The molecule has 0 radical (unpaired) electrons. The van der Waals surface area contributed by atoms with Gasteiger partial charge >= 0.3 is 0 Å². The van der Waals surface area contributed by atoms with Crippen molar-refractivity contribution in [3.05, 3.63) is 67.6 Å². The Hall–Kier alpha value is -3.29. The van der Waals surface area contributed by atoms with E-state index in [0.717, 1.165) is 0 Å². The van der Waals surface area contributed by atoms with Gasteiger partial charge in [-0.3, -0.25) is 9.59 Å². The van der Waals surface area contributed by atoms with Gasteiger partial charge in [0.25, 0.3) is 0 Å². The SMILES string of the molecule is CC(=O)c1c(O)c(C)c(O)c2c1OC1=Cc3c(c(C)nn3-c3ccc(Cl)c(Cl)c3)C(=O)C12C. The zero-order chi connectivity index (χ0) is 24.0. The number of nitrogens with zero attached hydrogens (tertiary/aromatic N) is 2. The minimum atomic E-state index is -1.40. The van der Waals surface area contributed by atoms with Crippen LogP contribution in [0.2, 0.25) is 10.0 Å². The highest BCUT2D eigenvalue weighted by atomic mass is 35.5. The maximum atomic E-state index is 13.9. The molecular weight excluding hydrogens is 467 g/mol. The largest absolute Gasteiger partial charge is 0.507 e. The smallest absolute Gasteiger partial charge is 0.185 e. The standard InChI is InChI=1S/C24H18Cl2N2O5/c1-9-20(30)18(11(3)29)22-19(21(9)31)24(4)16(33-22)8-15-17(23(24)32)10(2)27-28(15)12-5-6-13(25)14(26)7-12/h5-8,30-31H,1-4H3. The molecule has 2 aromatic carbocycles. The molecule has 2 heterocycles. The van der Waals surface area contributed by atoms with E-state index in [9.17, 15) is 19.8 Å². The Bertz CT molecular complexity index is 1470. The second-order valence-electron chi connectivity index (χ2n) is 8.38. The predicted octanol–water partition coefficient (Wildman–Crippen LogP) is 5.30. The molecule has 1 unspecified atom stereocenters. The van der Waals surface area contributed by atoms with E-state index < -0.39 is 11.2 Å². The van der Waals surface area contributed by atoms with Crippen molar-refractivity contribution in [2.75, 3.05) is 0 Å². The molecule has 168 valence electrons. The summed E-state index contributed by atoms with van der Waals surface area (Å²) in [7, 11) is 0. The summed E-state index contributed by atoms with van der Waals surface area (Å²) in [6.45, 7) is 6.12. The molecule has 0 saturated carbocycles. The summed E-state index contributed by atoms with van der Waals surface area (Å²) < 4.78 is 7.57. The topological polar surface area (TPSA) is 102 Å². The van der Waals surface area contributed by atoms with Crippen LogP contribution in [0, 0.1) is 13.8 Å². The average Bonchev–Trinajstić information content (AvgIpc) is 3.23. The summed E-state index contributed by atoms with van der Waals surface area (Å²) in [4.78, 5) is 26.3. The molecule has 2 aliphatic rings. The number of benzene rings is 2. The van der Waals surface area contributed by atoms with Gasteiger partial charge in [-0.05, 0) is 45.9 Å². The third-order valence-corrected chi connectivity index (χ3v) is 7.13. The van der Waals surface area contributed by atoms with Crippen LogP contribution in [0.15, 0.2) is 24.0 Å². The second-order valence-corrected chi connectivity index (χ2v) is 9.19. The number of fused-ring (bicyclic) bond motifs is 4. The number of ketones is 2. The van der Waals surface area contributed by atoms with Crippen molar-refractivity contribution < 1.29 is 24.5 Å². The Kier molecular flexibility index (Phi) is 4.48. The Morgan fingerprint density at radius 1 is 1.15 bits per heavy atom. The number of allylic oxidation sites excluding steroid dienone is 1. The molecule has 0 spiro atoms. The first-order chi connectivity index (χ1) is 15.5. The molecule has 0 bridgehead atoms. The van der Waals surface area contributed by atoms with Gasteiger partial charge in [-0.15, -0.1) is 0 Å². The Morgan fingerprint density at radius 2 is 1.85 bits per heavy atom. The zero-order valence-corrected chi connectivity index (χ0v) is 19.6. The molecule has 1 atom stereocenters. The first-order valence-corrected chi connectivity index (χ1v) is 10.8. The number of ether oxygens (including phenoxy) is 1. The molecule has 1 aliphatic carbocycles. The number of carbonyl (C=O) groups is 2. The number of hydrogen-bond donors (Lipinski definition) is 2. The van der Waals surface area contributed by atoms with Crippen molar-refractivity contribution in [1.29, 1.82) is 0 Å². The number of Topliss-reactive ketones (excluding diaryl/α,β-unsaturated/α-hetero) is 2. The minimum Gasteiger partial charge on any atom is -0.507 e. The molecule has 0 saturated heterocycles. The lowest BCUT2D eigenvalue weighted by atomic mass is 9.71. The van der Waals surface area contributed by atoms with E-state index in [1.54, 1.807) is 42.8 Å². The number of phenols is 2. The number of carbonyl (C=O) groups excluding carboxylic acids is 2. The number of halogens is 2. The monoisotopic (exact) mass is 484 g/mol. The summed E-state index contributed by atoms with van der Waals surface area (Å²) in [5, 5.41) is 26.7. The quantitative estimate of drug-likeness (QED) is 0.478. The van der Waals surface area contributed by atoms with Crippen LogP contribution in [-0.2, 0) is 5.41 Å². The Labute approximate surface area is 198 Å². The van der Waals surface area contributed by atoms with Gasteiger partial charge in [0, 0.05) is 11.6 Å². The maximum absolute atomic E-state index is 13.9. The van der Waals surface area contributed by atoms with Crippen LogP contribution >= 0.6 is 23.2 Å². The van der Waals surface area contributed by atoms with Crippen LogP contribution in [0.4, 0.5) is 0 Å². The molecule has 0 amide bonds. The molecule has 3 aromatic rings. The van der Waals surface area contributed by atoms with E-state index in [1.165, 1.54) is 13.8 Å². The summed E-state index contributed by atoms with van der Waals surface area (Å²) >= 11 is 12.2. The summed E-state index contributed by atoms with van der Waals surface area (Å²) in [6.07, 6.45) is 1.66. The van der Waals surface area contributed by atoms with Crippen molar-refractivity contribution in [3.8, 4) is 22.9 Å². The minimum absolute atomic E-state index is 0.0120. The third-order valence-electron chi connectivity index (χ3n) is 6.39. The molecule has 33 heavy (non-hydrogen) atoms. The summed E-state index contributed by atoms with van der Waals surface area (Å²) in [5.41, 5.74) is 0.700. The fourth-order valence-corrected chi connectivity index (χ4v) is 4.89. The van der Waals surface area contributed by atoms with Gasteiger partial charge in [0.15, 0.2) is 11.6 Å². The van der Waals surface area contributed by atoms with Crippen molar-refractivity contribution in [2.45, 2.75) is 33.1 Å². The molecule has 7 nitrogen and oxygen atoms in total. The highest BCUT2D eigenvalue weighted by Gasteiger charge is 2.55. The summed E-state index contributed by atoms with van der Waals surface area (Å²) in [6, 6.07) is 5.00. The highest BCUT2D eigenvalue weighted by molar-refractivity contribution is 6.42. The second kappa shape index (κ2) is 6.85. The van der Waals surface area contributed by atoms with Crippen LogP contribution in [0.3, 0.4) is 0 Å². The van der Waals surface area contributed by atoms with Gasteiger partial charge in [0.1, 0.15) is 34.0 Å². The lowest BCUT2D eigenvalue weighted by Crippen LogP contribution is -2.36. The molecule has 5 rings (SSSR count). The van der Waals surface area contributed by atoms with E-state index in [1.807, 2.05) is 0 Å². The molecule has 1 aliphatic heterocycles. The van der Waals surface area contributed by atoms with Crippen molar-refractivity contribution in [1.82, 2.24) is 9.78 Å². The van der Waals surface area contributed by atoms with Gasteiger partial charge in [0.05, 0.1) is 38.2 Å². The first kappa shape index (κ1) is 21.6. The molecule has 0 fully saturated rings. The van der Waals surface area contributed by atoms with Crippen LogP contribution in [0.1, 0.15) is 57.1 Å². The highest BCUT2D eigenvalue weighted by Crippen LogP contribution is 2.58. The number of aromatic hydroxyl groups is 2. The van der Waals surface area contributed by atoms with E-state index in [-0.39, 0.29) is 45.5 Å². The summed E-state index contributed by atoms with van der Waals surface area (Å²) in [5.74, 6) is -1.24. The third kappa shape index (κ3) is 2.66. The van der Waals surface area contributed by atoms with E-state index in [4.69, 9.17) is 27.9 Å². The van der Waals surface area contributed by atoms with Gasteiger partial charge in [-0.25, -0.2) is 4.68 Å². The average molecular weight is 485 g/mol. The lowest BCUT2D eigenvalue weighted by Gasteiger charge is -2.27. The number of phenolic OH excluding ortho intramolecular Hbond substituents is 2. The van der Waals surface area contributed by atoms with Crippen molar-refractivity contribution >= 4 is 40.8 Å². The van der Waals surface area contributed by atoms with E-state index in [2.05, 4.69) is 5.10 Å². The van der Waals surface area contributed by atoms with Gasteiger partial charge < -0.3 is 14.9 Å². The number of aromatic nitrogens is 2. The zero-order valence-electron chi connectivity index (χ0n) is 18.1. The van der Waals surface area contributed by atoms with Crippen LogP contribution in [0.25, 0.3) is 11.8 Å². The molecule has 2 N–H and O–H groups in total. The molecular formula is C24H18Cl2N2O5. The van der Waals surface area contributed by atoms with Gasteiger partial charge in [-0.1, -0.05) is 23.2 Å². The molecule has 1 aromatic heterocycles. The van der Waals surface area contributed by atoms with E-state index in [0.29, 0.717) is 32.7 Å². The van der Waals surface area contributed by atoms with Crippen molar-refractivity contribution in [3.63, 3.8) is 0 Å². The predicted molar refractivity (Wildman–Crippen MR) is 123 cm³/mol. The maximum Gasteiger partial charge on any atom is 0.185 e. The first-order valence-electron chi connectivity index (χ1n) is 10.1. The van der Waals surface area contributed by atoms with Gasteiger partial charge in [-0.2, -0.15) is 5.10 Å². The van der Waals surface area contributed by atoms with Crippen LogP contribution < -0.4 is 4.74 Å². The number of hydrogen-bond acceptors (Lipinski definition) is 6. The van der Waals surface area contributed by atoms with E-state index >= 15 is 0 Å². The number of aryl methyl sites for hydroxylation is 1. The fraction of sp³-hybridized carbons (Fsp3) is 0.208. The molecule has 9 heteroatoms. The Morgan fingerprint density at radius 3 is 2.48 bits per heavy atom.